The van der Waals surface area contributed by atoms with Crippen LogP contribution in [0, 0.1) is 0 Å². The molecule has 0 atom stereocenters. The fraction of sp³-hybridized carbons (Fsp3) is 0.107. The smallest absolute Gasteiger partial charge is 0.221 e. The molecule has 0 aliphatic rings. The van der Waals surface area contributed by atoms with Crippen molar-refractivity contribution in [2.45, 2.75) is 0 Å². The Morgan fingerprint density at radius 1 is 0.757 bits per heavy atom. The highest BCUT2D eigenvalue weighted by Crippen LogP contribution is 2.41. The third kappa shape index (κ3) is 4.92. The van der Waals surface area contributed by atoms with E-state index in [9.17, 15) is 0 Å². The molecule has 0 radical (unpaired) electrons. The SMILES string of the molecule is COc1cc(-c2cc(-c3ccc(Nc4ccnc5cc(Cl)ccc45)cc3)nc(N)n2)cc(OC)c1OC. The zero-order valence-corrected chi connectivity index (χ0v) is 21.2. The normalized spacial score (nSPS) is 10.8. The molecule has 0 bridgehead atoms. The van der Waals surface area contributed by atoms with Gasteiger partial charge in [-0.1, -0.05) is 23.7 Å². The van der Waals surface area contributed by atoms with Crippen LogP contribution in [0.3, 0.4) is 0 Å². The summed E-state index contributed by atoms with van der Waals surface area (Å²) in [6.45, 7) is 0. The molecule has 0 aliphatic carbocycles. The molecule has 3 aromatic carbocycles. The highest BCUT2D eigenvalue weighted by Gasteiger charge is 2.16. The lowest BCUT2D eigenvalue weighted by molar-refractivity contribution is 0.324. The van der Waals surface area contributed by atoms with E-state index in [1.807, 2.05) is 66.7 Å². The van der Waals surface area contributed by atoms with Crippen molar-refractivity contribution in [2.24, 2.45) is 0 Å². The molecule has 5 rings (SSSR count). The van der Waals surface area contributed by atoms with Gasteiger partial charge in [0.25, 0.3) is 0 Å². The van der Waals surface area contributed by atoms with Crippen molar-refractivity contribution in [3.8, 4) is 39.8 Å². The number of benzene rings is 3. The van der Waals surface area contributed by atoms with Gasteiger partial charge in [0.1, 0.15) is 0 Å². The predicted molar refractivity (Wildman–Crippen MR) is 147 cm³/mol. The number of rotatable bonds is 7. The van der Waals surface area contributed by atoms with Crippen molar-refractivity contribution >= 4 is 39.8 Å². The molecular formula is C28H24ClN5O3. The molecule has 2 heterocycles. The quantitative estimate of drug-likeness (QED) is 0.259. The lowest BCUT2D eigenvalue weighted by Crippen LogP contribution is -2.00. The number of fused-ring (bicyclic) bond motifs is 1. The zero-order chi connectivity index (χ0) is 25.9. The molecule has 0 fully saturated rings. The van der Waals surface area contributed by atoms with Gasteiger partial charge in [-0.15, -0.1) is 0 Å². The molecule has 0 unspecified atom stereocenters. The van der Waals surface area contributed by atoms with E-state index in [2.05, 4.69) is 20.3 Å². The maximum absolute atomic E-state index is 6.11. The molecule has 2 aromatic heterocycles. The molecule has 186 valence electrons. The number of hydrogen-bond donors (Lipinski definition) is 2. The average molecular weight is 514 g/mol. The van der Waals surface area contributed by atoms with E-state index in [4.69, 9.17) is 31.5 Å². The summed E-state index contributed by atoms with van der Waals surface area (Å²) >= 11 is 6.11. The first kappa shape index (κ1) is 24.1. The first-order valence-electron chi connectivity index (χ1n) is 11.4. The second-order valence-electron chi connectivity index (χ2n) is 8.13. The predicted octanol–water partition coefficient (Wildman–Crippen LogP) is 6.36. The van der Waals surface area contributed by atoms with E-state index in [0.29, 0.717) is 33.7 Å². The third-order valence-electron chi connectivity index (χ3n) is 5.87. The monoisotopic (exact) mass is 513 g/mol. The van der Waals surface area contributed by atoms with Crippen molar-refractivity contribution in [1.29, 1.82) is 0 Å². The van der Waals surface area contributed by atoms with Crippen LogP contribution in [-0.4, -0.2) is 36.3 Å². The van der Waals surface area contributed by atoms with E-state index < -0.39 is 0 Å². The van der Waals surface area contributed by atoms with Gasteiger partial charge >= 0.3 is 0 Å². The van der Waals surface area contributed by atoms with Crippen LogP contribution in [-0.2, 0) is 0 Å². The van der Waals surface area contributed by atoms with Crippen LogP contribution >= 0.6 is 11.6 Å². The Morgan fingerprint density at radius 3 is 2.08 bits per heavy atom. The Balaban J connectivity index is 1.46. The summed E-state index contributed by atoms with van der Waals surface area (Å²) in [5, 5.41) is 5.08. The van der Waals surface area contributed by atoms with Gasteiger partial charge in [-0.3, -0.25) is 4.98 Å². The fourth-order valence-electron chi connectivity index (χ4n) is 4.10. The number of aromatic nitrogens is 3. The molecule has 0 saturated heterocycles. The molecule has 37 heavy (non-hydrogen) atoms. The van der Waals surface area contributed by atoms with Crippen LogP contribution in [0.4, 0.5) is 17.3 Å². The molecule has 3 N–H and O–H groups in total. The van der Waals surface area contributed by atoms with Crippen LogP contribution in [0.15, 0.2) is 72.9 Å². The minimum Gasteiger partial charge on any atom is -0.493 e. The van der Waals surface area contributed by atoms with Crippen LogP contribution in [0.5, 0.6) is 17.2 Å². The minimum atomic E-state index is 0.158. The number of anilines is 3. The zero-order valence-electron chi connectivity index (χ0n) is 20.4. The number of nitrogens with one attached hydrogen (secondary N) is 1. The topological polar surface area (TPSA) is 104 Å². The van der Waals surface area contributed by atoms with E-state index in [0.717, 1.165) is 33.4 Å². The van der Waals surface area contributed by atoms with Gasteiger partial charge in [0.05, 0.1) is 38.2 Å². The molecule has 0 amide bonds. The van der Waals surface area contributed by atoms with Gasteiger partial charge < -0.3 is 25.3 Å². The van der Waals surface area contributed by atoms with E-state index in [1.165, 1.54) is 0 Å². The minimum absolute atomic E-state index is 0.158. The molecule has 0 aliphatic heterocycles. The standard InChI is InChI=1S/C28H24ClN5O3/c1-35-25-12-17(13-26(36-2)27(25)37-3)23-15-22(33-28(30)34-23)16-4-7-19(8-5-16)32-21-10-11-31-24-14-18(29)6-9-20(21)24/h4-15H,1-3H3,(H,31,32)(H2,30,33,34). The third-order valence-corrected chi connectivity index (χ3v) is 6.10. The van der Waals surface area contributed by atoms with Crippen molar-refractivity contribution in [3.05, 3.63) is 77.9 Å². The Hall–Kier alpha value is -4.56. The van der Waals surface area contributed by atoms with Gasteiger partial charge in [-0.25, -0.2) is 9.97 Å². The number of methoxy groups -OCH3 is 3. The Morgan fingerprint density at radius 2 is 1.43 bits per heavy atom. The van der Waals surface area contributed by atoms with Gasteiger partial charge in [0, 0.05) is 39.1 Å². The van der Waals surface area contributed by atoms with Crippen LogP contribution in [0.1, 0.15) is 0 Å². The van der Waals surface area contributed by atoms with Crippen molar-refractivity contribution in [3.63, 3.8) is 0 Å². The van der Waals surface area contributed by atoms with E-state index in [1.54, 1.807) is 27.5 Å². The van der Waals surface area contributed by atoms with Crippen LogP contribution < -0.4 is 25.3 Å². The Kier molecular flexibility index (Phi) is 6.66. The number of hydrogen-bond acceptors (Lipinski definition) is 8. The van der Waals surface area contributed by atoms with Gasteiger partial charge in [0.2, 0.25) is 11.7 Å². The molecule has 5 aromatic rings. The average Bonchev–Trinajstić information content (AvgIpc) is 2.92. The Labute approximate surface area is 219 Å². The molecule has 8 nitrogen and oxygen atoms in total. The van der Waals surface area contributed by atoms with Crippen molar-refractivity contribution in [1.82, 2.24) is 15.0 Å². The summed E-state index contributed by atoms with van der Waals surface area (Å²) in [6.07, 6.45) is 1.75. The summed E-state index contributed by atoms with van der Waals surface area (Å²) in [7, 11) is 4.70. The lowest BCUT2D eigenvalue weighted by Gasteiger charge is -2.14. The van der Waals surface area contributed by atoms with E-state index in [-0.39, 0.29) is 5.95 Å². The number of nitrogens with two attached hydrogens (primary N) is 1. The number of pyridine rings is 1. The van der Waals surface area contributed by atoms with Gasteiger partial charge in [0.15, 0.2) is 11.5 Å². The molecule has 0 saturated carbocycles. The highest BCUT2D eigenvalue weighted by atomic mass is 35.5. The summed E-state index contributed by atoms with van der Waals surface area (Å²) in [5.74, 6) is 1.71. The molecule has 0 spiro atoms. The first-order valence-corrected chi connectivity index (χ1v) is 11.7. The van der Waals surface area contributed by atoms with Gasteiger partial charge in [-0.2, -0.15) is 0 Å². The largest absolute Gasteiger partial charge is 0.493 e. The first-order chi connectivity index (χ1) is 18.0. The number of nitrogens with zero attached hydrogens (tertiary/aromatic N) is 3. The van der Waals surface area contributed by atoms with Crippen molar-refractivity contribution in [2.75, 3.05) is 32.4 Å². The maximum Gasteiger partial charge on any atom is 0.221 e. The summed E-state index contributed by atoms with van der Waals surface area (Å²) < 4.78 is 16.4. The Bertz CT molecular complexity index is 1570. The van der Waals surface area contributed by atoms with Gasteiger partial charge in [-0.05, 0) is 54.6 Å². The van der Waals surface area contributed by atoms with Crippen LogP contribution in [0.2, 0.25) is 5.02 Å². The molecular weight excluding hydrogens is 490 g/mol. The number of halogens is 1. The fourth-order valence-corrected chi connectivity index (χ4v) is 4.27. The summed E-state index contributed by atoms with van der Waals surface area (Å²) in [6, 6.07) is 21.0. The molecule has 9 heteroatoms. The summed E-state index contributed by atoms with van der Waals surface area (Å²) in [5.41, 5.74) is 11.7. The van der Waals surface area contributed by atoms with E-state index >= 15 is 0 Å². The second-order valence-corrected chi connectivity index (χ2v) is 8.57. The maximum atomic E-state index is 6.11. The summed E-state index contributed by atoms with van der Waals surface area (Å²) in [4.78, 5) is 13.3. The van der Waals surface area contributed by atoms with Crippen LogP contribution in [0.25, 0.3) is 33.4 Å². The second kappa shape index (κ2) is 10.2. The van der Waals surface area contributed by atoms with Crippen molar-refractivity contribution < 1.29 is 14.2 Å². The highest BCUT2D eigenvalue weighted by molar-refractivity contribution is 6.31. The lowest BCUT2D eigenvalue weighted by atomic mass is 10.1. The number of nitrogen functional groups attached to an aromatic ring is 1. The number of ether oxygens (including phenoxy) is 3.